The zero-order chi connectivity index (χ0) is 57.4. The van der Waals surface area contributed by atoms with E-state index in [-0.39, 0.29) is 138 Å². The van der Waals surface area contributed by atoms with Crippen LogP contribution in [0.15, 0.2) is 40.6 Å². The standard InChI is InChI=1S/C24H35N5O6.C21H40N8O5.C5H14N2.ClH/c1-17(2)13-21(28-18(3)30)22(31)14-20(24(33)26-9-11-34-12-10-27-29-25)15-23(32)35-16-19-7-5-4-6-8-19;1-15(2)12-18(28-16(3)30)19(31)13-17(14-20(32)25-7-6-24-5-4-22)21(33)26-8-10-34-11-9-27-29-23;6-4-2-1-3-5-7;/h4-8,17,20-21H,9-16H2,1-3H3,(H,26,33)(H,28,30);15,17-18,24H,4-14,22H2,1-3H3,(H,25,32)(H,26,33)(H,28,30);1-7H2;1H/t20-,21+;17-,18+;;/m00../s1. The number of ether oxygens (including phenoxy) is 3. The number of ketones is 2. The molecule has 4 atom stereocenters. The Balaban J connectivity index is -0.00000125. The maximum absolute atomic E-state index is 13.0. The summed E-state index contributed by atoms with van der Waals surface area (Å²) in [5.41, 5.74) is 31.5. The number of carbonyl (C=O) groups is 8. The molecule has 0 aliphatic heterocycles. The predicted molar refractivity (Wildman–Crippen MR) is 287 cm³/mol. The summed E-state index contributed by atoms with van der Waals surface area (Å²) in [5, 5.41) is 23.2. The summed E-state index contributed by atoms with van der Waals surface area (Å²) in [4.78, 5) is 105. The number of carbonyl (C=O) groups excluding carboxylic acids is 8. The summed E-state index contributed by atoms with van der Waals surface area (Å²) in [5.74, 6) is -4.70. The van der Waals surface area contributed by atoms with E-state index in [9.17, 15) is 38.4 Å². The van der Waals surface area contributed by atoms with Crippen LogP contribution >= 0.6 is 0 Å². The number of rotatable bonds is 41. The molecular formula is C50H90ClN15O11. The van der Waals surface area contributed by atoms with Gasteiger partial charge in [0.1, 0.15) is 6.61 Å². The highest BCUT2D eigenvalue weighted by molar-refractivity contribution is 5.95. The number of benzene rings is 1. The molecule has 1 aromatic rings. The minimum Gasteiger partial charge on any atom is -1.00 e. The van der Waals surface area contributed by atoms with Gasteiger partial charge in [0.25, 0.3) is 0 Å². The van der Waals surface area contributed by atoms with E-state index in [0.717, 1.165) is 44.6 Å². The molecule has 0 spiro atoms. The molecule has 438 valence electrons. The van der Waals surface area contributed by atoms with Gasteiger partial charge in [-0.2, -0.15) is 0 Å². The zero-order valence-corrected chi connectivity index (χ0v) is 47.0. The van der Waals surface area contributed by atoms with E-state index in [1.807, 2.05) is 58.0 Å². The smallest absolute Gasteiger partial charge is 0.306 e. The van der Waals surface area contributed by atoms with Gasteiger partial charge in [-0.25, -0.2) is 0 Å². The lowest BCUT2D eigenvalue weighted by molar-refractivity contribution is -0.365. The molecule has 0 heterocycles. The summed E-state index contributed by atoms with van der Waals surface area (Å²) >= 11 is 0. The number of hydrogen-bond donors (Lipinski definition) is 9. The van der Waals surface area contributed by atoms with Crippen molar-refractivity contribution in [3.05, 3.63) is 56.8 Å². The molecule has 0 aliphatic carbocycles. The van der Waals surface area contributed by atoms with E-state index < -0.39 is 41.7 Å². The van der Waals surface area contributed by atoms with Crippen molar-refractivity contribution in [1.29, 1.82) is 0 Å². The first-order valence-corrected chi connectivity index (χ1v) is 26.0. The van der Waals surface area contributed by atoms with Crippen LogP contribution in [0, 0.1) is 23.7 Å². The van der Waals surface area contributed by atoms with Gasteiger partial charge in [-0.3, -0.25) is 38.4 Å². The first kappa shape index (κ1) is 75.3. The fourth-order valence-electron chi connectivity index (χ4n) is 6.85. The summed E-state index contributed by atoms with van der Waals surface area (Å²) in [7, 11) is 0. The van der Waals surface area contributed by atoms with Crippen LogP contribution in [-0.4, -0.2) is 151 Å². The molecule has 0 aliphatic rings. The molecule has 0 saturated heterocycles. The van der Waals surface area contributed by atoms with Crippen LogP contribution in [0.5, 0.6) is 0 Å². The number of nitrogens with zero attached hydrogens (tertiary/aromatic N) is 6. The SMILES string of the molecule is CC(=O)N[C@H](CC(C)C)C(=O)C[C@@H](CC(=O)NCCNCC[NH3+])C(=O)NCCOCCN=[N+]=[N-].CC(=O)N[C@H](CC(C)C)C(=O)C[C@@H](CC(=O)OCc1ccccc1)C(=O)NCCOCCN=[N+]=[N-].NCCCCCN.[Cl-]. The molecule has 0 bridgehead atoms. The minimum atomic E-state index is -0.961. The van der Waals surface area contributed by atoms with E-state index in [4.69, 9.17) is 36.7 Å². The summed E-state index contributed by atoms with van der Waals surface area (Å²) < 4.78 is 15.8. The van der Waals surface area contributed by atoms with Crippen molar-refractivity contribution in [3.8, 4) is 0 Å². The van der Waals surface area contributed by atoms with E-state index in [1.54, 1.807) is 0 Å². The first-order chi connectivity index (χ1) is 36.3. The number of nitrogens with one attached hydrogen (secondary N) is 6. The van der Waals surface area contributed by atoms with E-state index in [0.29, 0.717) is 25.9 Å². The largest absolute Gasteiger partial charge is 1.00 e. The Morgan fingerprint density at radius 1 is 0.623 bits per heavy atom. The van der Waals surface area contributed by atoms with Crippen LogP contribution in [0.1, 0.15) is 105 Å². The second-order valence-electron chi connectivity index (χ2n) is 18.4. The Morgan fingerprint density at radius 2 is 1.09 bits per heavy atom. The Hall–Kier alpha value is -5.95. The van der Waals surface area contributed by atoms with Crippen molar-refractivity contribution in [1.82, 2.24) is 31.9 Å². The number of unbranched alkanes of at least 4 members (excludes halogenated alkanes) is 2. The quantitative estimate of drug-likeness (QED) is 0.0121. The Kier molecular flexibility index (Phi) is 49.7. The summed E-state index contributed by atoms with van der Waals surface area (Å²) in [6.07, 6.45) is 3.47. The van der Waals surface area contributed by atoms with Crippen LogP contribution in [0.4, 0.5) is 0 Å². The Bertz CT molecular complexity index is 1900. The second-order valence-corrected chi connectivity index (χ2v) is 18.4. The monoisotopic (exact) mass is 1110 g/mol. The number of amides is 5. The molecular weight excluding hydrogens is 1020 g/mol. The highest BCUT2D eigenvalue weighted by Crippen LogP contribution is 2.18. The molecule has 0 fully saturated rings. The van der Waals surface area contributed by atoms with E-state index >= 15 is 0 Å². The molecule has 13 N–H and O–H groups in total. The van der Waals surface area contributed by atoms with E-state index in [1.165, 1.54) is 20.3 Å². The van der Waals surface area contributed by atoms with Gasteiger partial charge >= 0.3 is 5.97 Å². The normalized spacial score (nSPS) is 11.9. The third-order valence-electron chi connectivity index (χ3n) is 10.4. The summed E-state index contributed by atoms with van der Waals surface area (Å²) in [6.45, 7) is 16.0. The summed E-state index contributed by atoms with van der Waals surface area (Å²) in [6, 6.07) is 7.66. The fraction of sp³-hybridized carbons (Fsp3) is 0.720. The van der Waals surface area contributed by atoms with Crippen LogP contribution in [0.25, 0.3) is 20.9 Å². The van der Waals surface area contributed by atoms with Gasteiger partial charge in [-0.15, -0.1) is 0 Å². The molecule has 77 heavy (non-hydrogen) atoms. The number of azide groups is 2. The molecule has 5 amide bonds. The molecule has 26 nitrogen and oxygen atoms in total. The van der Waals surface area contributed by atoms with Gasteiger partial charge in [-0.1, -0.05) is 74.7 Å². The molecule has 0 aromatic heterocycles. The molecule has 1 rings (SSSR count). The lowest BCUT2D eigenvalue weighted by Crippen LogP contribution is -3.00. The third-order valence-corrected chi connectivity index (χ3v) is 10.4. The van der Waals surface area contributed by atoms with Gasteiger partial charge in [0.05, 0.1) is 63.3 Å². The van der Waals surface area contributed by atoms with E-state index in [2.05, 4.69) is 57.7 Å². The molecule has 27 heteroatoms. The van der Waals surface area contributed by atoms with Crippen LogP contribution in [-0.2, 0) is 59.2 Å². The van der Waals surface area contributed by atoms with Crippen molar-refractivity contribution in [2.24, 2.45) is 45.4 Å². The van der Waals surface area contributed by atoms with Gasteiger partial charge in [0, 0.05) is 88.7 Å². The molecule has 0 radical (unpaired) electrons. The number of Topliss-reactive ketones (excluding diaryl/α,β-unsaturated/α-hetero) is 2. The zero-order valence-electron chi connectivity index (χ0n) is 46.2. The number of nitrogens with two attached hydrogens (primary N) is 2. The number of hydrogen-bond acceptors (Lipinski definition) is 16. The second kappa shape index (κ2) is 50.8. The van der Waals surface area contributed by atoms with Gasteiger partial charge in [-0.05, 0) is 67.2 Å². The number of halogens is 1. The Labute approximate surface area is 460 Å². The van der Waals surface area contributed by atoms with Crippen LogP contribution < -0.4 is 61.5 Å². The molecule has 1 aromatic carbocycles. The van der Waals surface area contributed by atoms with Gasteiger partial charge < -0.3 is 75.7 Å². The predicted octanol–water partition coefficient (Wildman–Crippen LogP) is -1.34. The third kappa shape index (κ3) is 45.9. The lowest BCUT2D eigenvalue weighted by Gasteiger charge is -2.22. The van der Waals surface area contributed by atoms with Crippen LogP contribution in [0.3, 0.4) is 0 Å². The van der Waals surface area contributed by atoms with Crippen molar-refractivity contribution >= 4 is 47.1 Å². The maximum atomic E-state index is 13.0. The molecule has 0 unspecified atom stereocenters. The maximum Gasteiger partial charge on any atom is 0.306 e. The Morgan fingerprint density at radius 3 is 1.51 bits per heavy atom. The minimum absolute atomic E-state index is 0. The highest BCUT2D eigenvalue weighted by Gasteiger charge is 2.31. The number of esters is 1. The van der Waals surface area contributed by atoms with Crippen molar-refractivity contribution in [2.45, 2.75) is 118 Å². The first-order valence-electron chi connectivity index (χ1n) is 26.0. The topological polar surface area (TPSA) is 414 Å². The van der Waals surface area contributed by atoms with Crippen LogP contribution in [0.2, 0.25) is 0 Å². The molecule has 0 saturated carbocycles. The van der Waals surface area contributed by atoms with Crippen molar-refractivity contribution in [3.63, 3.8) is 0 Å². The van der Waals surface area contributed by atoms with Gasteiger partial charge in [0.15, 0.2) is 11.6 Å². The average molecular weight is 1110 g/mol. The average Bonchev–Trinajstić information content (AvgIpc) is 3.36. The lowest BCUT2D eigenvalue weighted by atomic mass is 9.91. The van der Waals surface area contributed by atoms with Crippen molar-refractivity contribution in [2.75, 3.05) is 91.9 Å². The van der Waals surface area contributed by atoms with Gasteiger partial charge in [0.2, 0.25) is 29.5 Å². The van der Waals surface area contributed by atoms with Crippen molar-refractivity contribution < 1.29 is 70.7 Å². The highest BCUT2D eigenvalue weighted by atomic mass is 35.5. The fourth-order valence-corrected chi connectivity index (χ4v) is 6.85. The number of quaternary nitrogens is 1.